The Morgan fingerprint density at radius 3 is 2.46 bits per heavy atom. The lowest BCUT2D eigenvalue weighted by atomic mass is 10.1. The van der Waals surface area contributed by atoms with Crippen LogP contribution in [-0.2, 0) is 19.1 Å². The molecule has 0 bridgehead atoms. The molecular formula is C19H23F3N4. The molecule has 0 atom stereocenters. The number of hydrogen-bond acceptors (Lipinski definition) is 2. The molecule has 7 heteroatoms. The van der Waals surface area contributed by atoms with Crippen LogP contribution in [0.25, 0.3) is 0 Å². The first kappa shape index (κ1) is 19.8. The molecule has 1 heterocycles. The summed E-state index contributed by atoms with van der Waals surface area (Å²) in [7, 11) is 3.54. The second-order valence-corrected chi connectivity index (χ2v) is 6.08. The van der Waals surface area contributed by atoms with Gasteiger partial charge in [0, 0.05) is 39.6 Å². The molecule has 1 aromatic heterocycles. The summed E-state index contributed by atoms with van der Waals surface area (Å²) in [6, 6.07) is 7.18. The first-order valence-electron chi connectivity index (χ1n) is 8.28. The summed E-state index contributed by atoms with van der Waals surface area (Å²) < 4.78 is 37.9. The van der Waals surface area contributed by atoms with Crippen molar-refractivity contribution in [3.8, 4) is 0 Å². The molecule has 4 nitrogen and oxygen atoms in total. The van der Waals surface area contributed by atoms with E-state index in [9.17, 15) is 13.2 Å². The lowest BCUT2D eigenvalue weighted by molar-refractivity contribution is -0.137. The van der Waals surface area contributed by atoms with E-state index in [4.69, 9.17) is 0 Å². The second kappa shape index (κ2) is 8.69. The quantitative estimate of drug-likeness (QED) is 0.650. The fourth-order valence-electron chi connectivity index (χ4n) is 2.62. The molecule has 140 valence electrons. The second-order valence-electron chi connectivity index (χ2n) is 6.08. The van der Waals surface area contributed by atoms with E-state index in [-0.39, 0.29) is 0 Å². The summed E-state index contributed by atoms with van der Waals surface area (Å²) >= 11 is 0. The molecule has 1 aromatic carbocycles. The summed E-state index contributed by atoms with van der Waals surface area (Å²) in [5.74, 6) is 0.691. The van der Waals surface area contributed by atoms with Crippen molar-refractivity contribution in [1.82, 2.24) is 15.2 Å². The third-order valence-electron chi connectivity index (χ3n) is 4.09. The fourth-order valence-corrected chi connectivity index (χ4v) is 2.62. The lowest BCUT2D eigenvalue weighted by Gasteiger charge is -2.22. The zero-order chi connectivity index (χ0) is 19.2. The molecule has 0 radical (unpaired) electrons. The van der Waals surface area contributed by atoms with Crippen molar-refractivity contribution in [1.29, 1.82) is 0 Å². The standard InChI is InChI=1S/C19H23F3N4/c1-14-12-24-10-8-16(14)9-11-25-18(23-2)26(3)13-15-4-6-17(7-5-15)19(20,21)22/h4-8,10,12H,9,11,13H2,1-3H3,(H,23,25). The fraction of sp³-hybridized carbons (Fsp3) is 0.368. The molecule has 26 heavy (non-hydrogen) atoms. The van der Waals surface area contributed by atoms with E-state index in [0.29, 0.717) is 19.0 Å². The maximum absolute atomic E-state index is 12.6. The number of aromatic nitrogens is 1. The Kier molecular flexibility index (Phi) is 6.60. The normalized spacial score (nSPS) is 12.2. The number of benzene rings is 1. The molecular weight excluding hydrogens is 341 g/mol. The molecule has 0 saturated heterocycles. The van der Waals surface area contributed by atoms with E-state index < -0.39 is 11.7 Å². The van der Waals surface area contributed by atoms with Gasteiger partial charge in [0.15, 0.2) is 5.96 Å². The Hall–Kier alpha value is -2.57. The molecule has 0 aliphatic heterocycles. The van der Waals surface area contributed by atoms with Crippen molar-refractivity contribution in [3.63, 3.8) is 0 Å². The predicted octanol–water partition coefficient (Wildman–Crippen LogP) is 3.66. The maximum Gasteiger partial charge on any atom is 0.416 e. The third-order valence-corrected chi connectivity index (χ3v) is 4.09. The van der Waals surface area contributed by atoms with Crippen LogP contribution in [0.1, 0.15) is 22.3 Å². The first-order chi connectivity index (χ1) is 12.3. The van der Waals surface area contributed by atoms with Gasteiger partial charge in [-0.1, -0.05) is 12.1 Å². The van der Waals surface area contributed by atoms with Crippen molar-refractivity contribution in [2.24, 2.45) is 4.99 Å². The van der Waals surface area contributed by atoms with Gasteiger partial charge in [-0.2, -0.15) is 13.2 Å². The molecule has 0 spiro atoms. The van der Waals surface area contributed by atoms with Crippen molar-refractivity contribution in [2.45, 2.75) is 26.1 Å². The minimum absolute atomic E-state index is 0.464. The molecule has 0 amide bonds. The van der Waals surface area contributed by atoms with Gasteiger partial charge in [0.2, 0.25) is 0 Å². The summed E-state index contributed by atoms with van der Waals surface area (Å²) in [6.07, 6.45) is 0.128. The smallest absolute Gasteiger partial charge is 0.356 e. The molecule has 0 aliphatic rings. The summed E-state index contributed by atoms with van der Waals surface area (Å²) in [5, 5.41) is 3.28. The monoisotopic (exact) mass is 364 g/mol. The lowest BCUT2D eigenvalue weighted by Crippen LogP contribution is -2.39. The molecule has 1 N–H and O–H groups in total. The number of nitrogens with one attached hydrogen (secondary N) is 1. The molecule has 0 unspecified atom stereocenters. The zero-order valence-electron chi connectivity index (χ0n) is 15.1. The summed E-state index contributed by atoms with van der Waals surface area (Å²) in [5.41, 5.74) is 2.50. The highest BCUT2D eigenvalue weighted by atomic mass is 19.4. The van der Waals surface area contributed by atoms with E-state index in [1.807, 2.05) is 31.1 Å². The van der Waals surface area contributed by atoms with Crippen molar-refractivity contribution in [2.75, 3.05) is 20.6 Å². The van der Waals surface area contributed by atoms with E-state index >= 15 is 0 Å². The molecule has 2 aromatic rings. The van der Waals surface area contributed by atoms with Crippen LogP contribution in [0.15, 0.2) is 47.7 Å². The number of pyridine rings is 1. The van der Waals surface area contributed by atoms with Crippen LogP contribution in [0.5, 0.6) is 0 Å². The van der Waals surface area contributed by atoms with Gasteiger partial charge >= 0.3 is 6.18 Å². The zero-order valence-corrected chi connectivity index (χ0v) is 15.1. The van der Waals surface area contributed by atoms with E-state index in [2.05, 4.69) is 15.3 Å². The number of hydrogen-bond donors (Lipinski definition) is 1. The highest BCUT2D eigenvalue weighted by Gasteiger charge is 2.29. The van der Waals surface area contributed by atoms with Gasteiger partial charge in [-0.05, 0) is 48.2 Å². The number of aliphatic imine (C=N–C) groups is 1. The maximum atomic E-state index is 12.6. The number of rotatable bonds is 5. The summed E-state index contributed by atoms with van der Waals surface area (Å²) in [4.78, 5) is 10.2. The van der Waals surface area contributed by atoms with Crippen molar-refractivity contribution >= 4 is 5.96 Å². The molecule has 0 aliphatic carbocycles. The van der Waals surface area contributed by atoms with E-state index in [1.165, 1.54) is 17.7 Å². The Morgan fingerprint density at radius 2 is 1.88 bits per heavy atom. The van der Waals surface area contributed by atoms with Crippen LogP contribution in [0.4, 0.5) is 13.2 Å². The minimum Gasteiger partial charge on any atom is -0.356 e. The highest BCUT2D eigenvalue weighted by Crippen LogP contribution is 2.29. The average molecular weight is 364 g/mol. The van der Waals surface area contributed by atoms with Gasteiger partial charge in [-0.15, -0.1) is 0 Å². The number of aryl methyl sites for hydroxylation is 1. The van der Waals surface area contributed by atoms with Crippen LogP contribution in [0, 0.1) is 6.92 Å². The molecule has 0 saturated carbocycles. The van der Waals surface area contributed by atoms with E-state index in [0.717, 1.165) is 29.7 Å². The van der Waals surface area contributed by atoms with Gasteiger partial charge in [0.1, 0.15) is 0 Å². The van der Waals surface area contributed by atoms with Gasteiger partial charge < -0.3 is 10.2 Å². The van der Waals surface area contributed by atoms with Gasteiger partial charge in [-0.3, -0.25) is 9.98 Å². The Morgan fingerprint density at radius 1 is 1.19 bits per heavy atom. The van der Waals surface area contributed by atoms with E-state index in [1.54, 1.807) is 13.2 Å². The Bertz CT molecular complexity index is 739. The number of alkyl halides is 3. The SMILES string of the molecule is CN=C(NCCc1ccncc1C)N(C)Cc1ccc(C(F)(F)F)cc1. The van der Waals surface area contributed by atoms with Gasteiger partial charge in [0.25, 0.3) is 0 Å². The third kappa shape index (κ3) is 5.47. The summed E-state index contributed by atoms with van der Waals surface area (Å²) in [6.45, 7) is 3.19. The van der Waals surface area contributed by atoms with Crippen LogP contribution >= 0.6 is 0 Å². The van der Waals surface area contributed by atoms with Crippen molar-refractivity contribution < 1.29 is 13.2 Å². The number of nitrogens with zero attached hydrogens (tertiary/aromatic N) is 3. The average Bonchev–Trinajstić information content (AvgIpc) is 2.60. The number of halogens is 3. The van der Waals surface area contributed by atoms with Crippen LogP contribution in [0.2, 0.25) is 0 Å². The van der Waals surface area contributed by atoms with Crippen molar-refractivity contribution in [3.05, 3.63) is 65.0 Å². The first-order valence-corrected chi connectivity index (χ1v) is 8.28. The van der Waals surface area contributed by atoms with Crippen LogP contribution in [0.3, 0.4) is 0 Å². The minimum atomic E-state index is -4.31. The van der Waals surface area contributed by atoms with Gasteiger partial charge in [0.05, 0.1) is 5.56 Å². The van der Waals surface area contributed by atoms with Crippen LogP contribution < -0.4 is 5.32 Å². The van der Waals surface area contributed by atoms with Gasteiger partial charge in [-0.25, -0.2) is 0 Å². The Balaban J connectivity index is 1.90. The number of guanidine groups is 1. The largest absolute Gasteiger partial charge is 0.416 e. The predicted molar refractivity (Wildman–Crippen MR) is 97.0 cm³/mol. The highest BCUT2D eigenvalue weighted by molar-refractivity contribution is 5.79. The Labute approximate surface area is 151 Å². The van der Waals surface area contributed by atoms with Crippen LogP contribution in [-0.4, -0.2) is 36.5 Å². The molecule has 2 rings (SSSR count). The topological polar surface area (TPSA) is 40.5 Å². The molecule has 0 fully saturated rings.